The van der Waals surface area contributed by atoms with Gasteiger partial charge in [0.1, 0.15) is 11.5 Å². The summed E-state index contributed by atoms with van der Waals surface area (Å²) in [6, 6.07) is 10.9. The van der Waals surface area contributed by atoms with E-state index < -0.39 is 6.23 Å². The monoisotopic (exact) mass is 315 g/mol. The highest BCUT2D eigenvalue weighted by atomic mass is 35.5. The molecule has 0 radical (unpaired) electrons. The molecule has 0 N–H and O–H groups in total. The normalized spacial score (nSPS) is 21.8. The van der Waals surface area contributed by atoms with E-state index in [1.54, 1.807) is 24.1 Å². The van der Waals surface area contributed by atoms with Crippen molar-refractivity contribution in [2.75, 3.05) is 7.11 Å². The lowest BCUT2D eigenvalue weighted by molar-refractivity contribution is -0.00192. The number of methoxy groups -OCH3 is 1. The minimum atomic E-state index is -0.393. The molecule has 4 rings (SSSR count). The van der Waals surface area contributed by atoms with Crippen LogP contribution in [0.1, 0.15) is 40.7 Å². The van der Waals surface area contributed by atoms with E-state index in [1.807, 2.05) is 31.2 Å². The first-order valence-electron chi connectivity index (χ1n) is 7.07. The number of hydrogen-bond donors (Lipinski definition) is 0. The van der Waals surface area contributed by atoms with Crippen LogP contribution in [0.2, 0.25) is 5.02 Å². The first kappa shape index (κ1) is 13.5. The second-order valence-corrected chi connectivity index (χ2v) is 5.93. The second kappa shape index (κ2) is 4.65. The summed E-state index contributed by atoms with van der Waals surface area (Å²) in [6.45, 7) is 2.00. The van der Waals surface area contributed by atoms with Gasteiger partial charge in [-0.3, -0.25) is 9.69 Å². The average molecular weight is 316 g/mol. The van der Waals surface area contributed by atoms with Crippen LogP contribution in [-0.4, -0.2) is 17.9 Å². The number of hydrogen-bond acceptors (Lipinski definition) is 3. The van der Waals surface area contributed by atoms with Crippen molar-refractivity contribution in [3.63, 3.8) is 0 Å². The number of carbonyl (C=O) groups excluding carboxylic acids is 1. The minimum Gasteiger partial charge on any atom is -0.497 e. The number of amides is 1. The van der Waals surface area contributed by atoms with Gasteiger partial charge in [-0.05, 0) is 37.3 Å². The Morgan fingerprint density at radius 3 is 2.77 bits per heavy atom. The van der Waals surface area contributed by atoms with Crippen LogP contribution < -0.4 is 9.47 Å². The number of carbonyl (C=O) groups is 1. The topological polar surface area (TPSA) is 38.8 Å². The highest BCUT2D eigenvalue weighted by Crippen LogP contribution is 2.48. The standard InChI is InChI=1S/C17H14ClNO3/c1-9-13-8-11(21-2)4-6-15(13)22-17-12-5-3-10(18)7-14(12)16(20)19(9)17/h3-9,17H,1-2H3/t9-,17+/m1/s1. The van der Waals surface area contributed by atoms with Crippen LogP contribution in [0.4, 0.5) is 0 Å². The van der Waals surface area contributed by atoms with Crippen molar-refractivity contribution in [2.24, 2.45) is 0 Å². The number of rotatable bonds is 1. The zero-order valence-electron chi connectivity index (χ0n) is 12.2. The Hall–Kier alpha value is -2.20. The Kier molecular flexibility index (Phi) is 2.84. The number of fused-ring (bicyclic) bond motifs is 4. The molecular weight excluding hydrogens is 302 g/mol. The fourth-order valence-corrected chi connectivity index (χ4v) is 3.35. The van der Waals surface area contributed by atoms with Gasteiger partial charge in [-0.15, -0.1) is 0 Å². The van der Waals surface area contributed by atoms with E-state index in [0.717, 1.165) is 22.6 Å². The van der Waals surface area contributed by atoms with Gasteiger partial charge in [0.25, 0.3) is 5.91 Å². The van der Waals surface area contributed by atoms with Crippen molar-refractivity contribution in [1.82, 2.24) is 4.90 Å². The number of nitrogens with zero attached hydrogens (tertiary/aromatic N) is 1. The molecule has 2 atom stereocenters. The predicted octanol–water partition coefficient (Wildman–Crippen LogP) is 3.96. The van der Waals surface area contributed by atoms with Gasteiger partial charge in [-0.25, -0.2) is 0 Å². The van der Waals surface area contributed by atoms with E-state index in [1.165, 1.54) is 0 Å². The van der Waals surface area contributed by atoms with Gasteiger partial charge in [0.2, 0.25) is 6.23 Å². The smallest absolute Gasteiger partial charge is 0.258 e. The molecule has 5 heteroatoms. The van der Waals surface area contributed by atoms with E-state index in [-0.39, 0.29) is 11.9 Å². The van der Waals surface area contributed by atoms with Crippen LogP contribution in [0.15, 0.2) is 36.4 Å². The lowest BCUT2D eigenvalue weighted by atomic mass is 10.0. The highest BCUT2D eigenvalue weighted by molar-refractivity contribution is 6.31. The summed E-state index contributed by atoms with van der Waals surface area (Å²) in [6.07, 6.45) is -0.393. The van der Waals surface area contributed by atoms with E-state index in [4.69, 9.17) is 21.1 Å². The zero-order valence-corrected chi connectivity index (χ0v) is 12.9. The Bertz CT molecular complexity index is 789. The molecule has 2 aliphatic heterocycles. The first-order chi connectivity index (χ1) is 10.6. The van der Waals surface area contributed by atoms with Crippen LogP contribution in [0, 0.1) is 0 Å². The molecule has 4 nitrogen and oxygen atoms in total. The summed E-state index contributed by atoms with van der Waals surface area (Å²) in [5.41, 5.74) is 2.43. The lowest BCUT2D eigenvalue weighted by Crippen LogP contribution is -2.37. The van der Waals surface area contributed by atoms with Gasteiger partial charge in [-0.1, -0.05) is 17.7 Å². The average Bonchev–Trinajstić information content (AvgIpc) is 2.80. The number of halogens is 1. The maximum atomic E-state index is 12.7. The molecule has 0 fully saturated rings. The zero-order chi connectivity index (χ0) is 15.4. The summed E-state index contributed by atoms with van der Waals surface area (Å²) in [4.78, 5) is 14.5. The first-order valence-corrected chi connectivity index (χ1v) is 7.44. The van der Waals surface area contributed by atoms with Gasteiger partial charge in [0.05, 0.1) is 18.7 Å². The van der Waals surface area contributed by atoms with Gasteiger partial charge in [0, 0.05) is 16.1 Å². The van der Waals surface area contributed by atoms with Crippen molar-refractivity contribution in [3.05, 3.63) is 58.1 Å². The SMILES string of the molecule is COc1ccc2c(c1)[C@@H](C)N1C(=O)c3cc(Cl)ccc3[C@@H]1O2. The van der Waals surface area contributed by atoms with Gasteiger partial charge in [-0.2, -0.15) is 0 Å². The van der Waals surface area contributed by atoms with Crippen molar-refractivity contribution in [1.29, 1.82) is 0 Å². The van der Waals surface area contributed by atoms with Gasteiger partial charge >= 0.3 is 0 Å². The van der Waals surface area contributed by atoms with Crippen LogP contribution in [0.25, 0.3) is 0 Å². The van der Waals surface area contributed by atoms with Crippen LogP contribution in [-0.2, 0) is 0 Å². The second-order valence-electron chi connectivity index (χ2n) is 5.49. The molecule has 0 saturated carbocycles. The van der Waals surface area contributed by atoms with E-state index in [9.17, 15) is 4.79 Å². The maximum absolute atomic E-state index is 12.7. The quantitative estimate of drug-likeness (QED) is 0.799. The van der Waals surface area contributed by atoms with Crippen molar-refractivity contribution in [2.45, 2.75) is 19.2 Å². The third-order valence-corrected chi connectivity index (χ3v) is 4.56. The summed E-state index contributed by atoms with van der Waals surface area (Å²) in [7, 11) is 1.62. The molecule has 0 aliphatic carbocycles. The van der Waals surface area contributed by atoms with E-state index in [2.05, 4.69) is 0 Å². The van der Waals surface area contributed by atoms with Crippen LogP contribution in [0.3, 0.4) is 0 Å². The molecule has 0 aromatic heterocycles. The predicted molar refractivity (Wildman–Crippen MR) is 82.4 cm³/mol. The van der Waals surface area contributed by atoms with Crippen LogP contribution in [0.5, 0.6) is 11.5 Å². The minimum absolute atomic E-state index is 0.0523. The van der Waals surface area contributed by atoms with Gasteiger partial charge < -0.3 is 9.47 Å². The Labute approximate surface area is 133 Å². The Balaban J connectivity index is 1.84. The third kappa shape index (κ3) is 1.74. The Morgan fingerprint density at radius 2 is 2.00 bits per heavy atom. The highest BCUT2D eigenvalue weighted by Gasteiger charge is 2.45. The summed E-state index contributed by atoms with van der Waals surface area (Å²) in [5.74, 6) is 1.48. The molecule has 0 saturated heterocycles. The number of ether oxygens (including phenoxy) is 2. The van der Waals surface area contributed by atoms with E-state index in [0.29, 0.717) is 10.6 Å². The lowest BCUT2D eigenvalue weighted by Gasteiger charge is -2.37. The Morgan fingerprint density at radius 1 is 1.18 bits per heavy atom. The maximum Gasteiger partial charge on any atom is 0.258 e. The molecule has 2 heterocycles. The molecule has 0 bridgehead atoms. The molecule has 22 heavy (non-hydrogen) atoms. The molecule has 2 aromatic carbocycles. The molecule has 0 unspecified atom stereocenters. The van der Waals surface area contributed by atoms with Gasteiger partial charge in [0.15, 0.2) is 0 Å². The molecule has 112 valence electrons. The largest absolute Gasteiger partial charge is 0.497 e. The van der Waals surface area contributed by atoms with Crippen molar-refractivity contribution in [3.8, 4) is 11.5 Å². The summed E-state index contributed by atoms with van der Waals surface area (Å²) in [5, 5.41) is 0.554. The molecular formula is C17H14ClNO3. The number of benzene rings is 2. The van der Waals surface area contributed by atoms with Crippen molar-refractivity contribution < 1.29 is 14.3 Å². The molecule has 0 spiro atoms. The molecule has 2 aliphatic rings. The van der Waals surface area contributed by atoms with E-state index >= 15 is 0 Å². The summed E-state index contributed by atoms with van der Waals surface area (Å²) < 4.78 is 11.3. The third-order valence-electron chi connectivity index (χ3n) is 4.32. The molecule has 1 amide bonds. The van der Waals surface area contributed by atoms with Crippen LogP contribution >= 0.6 is 11.6 Å². The van der Waals surface area contributed by atoms with Crippen molar-refractivity contribution >= 4 is 17.5 Å². The summed E-state index contributed by atoms with van der Waals surface area (Å²) >= 11 is 6.02. The fourth-order valence-electron chi connectivity index (χ4n) is 3.18. The fraction of sp³-hybridized carbons (Fsp3) is 0.235. The molecule has 2 aromatic rings.